The van der Waals surface area contributed by atoms with E-state index in [1.54, 1.807) is 28.4 Å². The van der Waals surface area contributed by atoms with Crippen LogP contribution < -0.4 is 0 Å². The molecule has 21 heavy (non-hydrogen) atoms. The lowest BCUT2D eigenvalue weighted by atomic mass is 10.5. The van der Waals surface area contributed by atoms with Gasteiger partial charge >= 0.3 is 18.6 Å². The van der Waals surface area contributed by atoms with E-state index in [1.165, 1.54) is 10.4 Å². The summed E-state index contributed by atoms with van der Waals surface area (Å²) < 4.78 is 22.1. The van der Waals surface area contributed by atoms with Crippen molar-refractivity contribution in [3.63, 3.8) is 0 Å². The van der Waals surface area contributed by atoms with E-state index in [0.717, 1.165) is 12.8 Å². The SMILES string of the molecule is CCC(=C[Si](C)(C)C=C(CC)[SiH](OC)OC)[SiH](OC)OC. The van der Waals surface area contributed by atoms with E-state index in [1.807, 2.05) is 0 Å². The maximum atomic E-state index is 5.53. The third-order valence-corrected chi connectivity index (χ3v) is 10.4. The molecular formula is C14H32O4Si3. The van der Waals surface area contributed by atoms with Crippen molar-refractivity contribution in [3.05, 3.63) is 21.8 Å². The van der Waals surface area contributed by atoms with Gasteiger partial charge in [0.25, 0.3) is 0 Å². The first-order chi connectivity index (χ1) is 9.88. The fourth-order valence-corrected chi connectivity index (χ4v) is 10.8. The van der Waals surface area contributed by atoms with Crippen LogP contribution >= 0.6 is 0 Å². The normalized spacial score (nSPS) is 14.4. The van der Waals surface area contributed by atoms with Gasteiger partial charge in [-0.05, 0) is 23.2 Å². The zero-order chi connectivity index (χ0) is 16.5. The summed E-state index contributed by atoms with van der Waals surface area (Å²) >= 11 is 0. The minimum absolute atomic E-state index is 0.986. The van der Waals surface area contributed by atoms with Crippen molar-refractivity contribution in [2.75, 3.05) is 28.4 Å². The Kier molecular flexibility index (Phi) is 10.6. The summed E-state index contributed by atoms with van der Waals surface area (Å²) in [6, 6.07) is 0. The smallest absolute Gasteiger partial charge is 0.350 e. The van der Waals surface area contributed by atoms with Crippen LogP contribution in [0.25, 0.3) is 0 Å². The van der Waals surface area contributed by atoms with Gasteiger partial charge in [0, 0.05) is 28.4 Å². The van der Waals surface area contributed by atoms with Crippen molar-refractivity contribution in [1.29, 1.82) is 0 Å². The van der Waals surface area contributed by atoms with Gasteiger partial charge in [-0.2, -0.15) is 0 Å². The maximum absolute atomic E-state index is 5.53. The van der Waals surface area contributed by atoms with E-state index in [-0.39, 0.29) is 0 Å². The summed E-state index contributed by atoms with van der Waals surface area (Å²) in [6.45, 7) is 9.01. The van der Waals surface area contributed by atoms with Crippen LogP contribution in [0.1, 0.15) is 26.7 Å². The zero-order valence-corrected chi connectivity index (χ0v) is 18.2. The van der Waals surface area contributed by atoms with Crippen molar-refractivity contribution >= 4 is 26.6 Å². The molecule has 0 aromatic rings. The van der Waals surface area contributed by atoms with E-state index in [0.29, 0.717) is 0 Å². The molecule has 4 nitrogen and oxygen atoms in total. The molecule has 0 saturated carbocycles. The van der Waals surface area contributed by atoms with Crippen molar-refractivity contribution in [1.82, 2.24) is 0 Å². The summed E-state index contributed by atoms with van der Waals surface area (Å²) in [7, 11) is 1.96. The van der Waals surface area contributed by atoms with Gasteiger partial charge in [-0.3, -0.25) is 0 Å². The van der Waals surface area contributed by atoms with Crippen molar-refractivity contribution in [2.24, 2.45) is 0 Å². The Bertz CT molecular complexity index is 316. The highest BCUT2D eigenvalue weighted by atomic mass is 28.3. The van der Waals surface area contributed by atoms with Crippen LogP contribution in [0.15, 0.2) is 21.8 Å². The molecule has 0 heterocycles. The molecule has 0 rings (SSSR count). The largest absolute Gasteiger partial charge is 0.397 e. The number of hydrogen-bond acceptors (Lipinski definition) is 4. The summed E-state index contributed by atoms with van der Waals surface area (Å²) in [6.07, 6.45) is 1.97. The maximum Gasteiger partial charge on any atom is 0.350 e. The van der Waals surface area contributed by atoms with Gasteiger partial charge in [-0.25, -0.2) is 0 Å². The lowest BCUT2D eigenvalue weighted by Crippen LogP contribution is -2.31. The quantitative estimate of drug-likeness (QED) is 0.569. The second-order valence-corrected chi connectivity index (χ2v) is 14.5. The molecule has 0 radical (unpaired) electrons. The topological polar surface area (TPSA) is 36.9 Å². The predicted octanol–water partition coefficient (Wildman–Crippen LogP) is 2.55. The lowest BCUT2D eigenvalue weighted by Gasteiger charge is -2.22. The monoisotopic (exact) mass is 348 g/mol. The summed E-state index contributed by atoms with van der Waals surface area (Å²) in [5.74, 6) is 0. The molecule has 0 atom stereocenters. The fourth-order valence-electron chi connectivity index (χ4n) is 2.47. The molecule has 0 aromatic carbocycles. The number of allylic oxidation sites excluding steroid dienone is 2. The first kappa shape index (κ1) is 21.0. The first-order valence-electron chi connectivity index (χ1n) is 7.43. The zero-order valence-electron chi connectivity index (χ0n) is 14.9. The molecule has 0 aliphatic rings. The Morgan fingerprint density at radius 3 is 1.24 bits per heavy atom. The molecule has 0 aromatic heterocycles. The minimum atomic E-state index is -1.68. The van der Waals surface area contributed by atoms with Gasteiger partial charge in [-0.1, -0.05) is 38.3 Å². The minimum Gasteiger partial charge on any atom is -0.397 e. The Morgan fingerprint density at radius 1 is 0.762 bits per heavy atom. The predicted molar refractivity (Wildman–Crippen MR) is 96.6 cm³/mol. The molecule has 0 amide bonds. The van der Waals surface area contributed by atoms with Crippen molar-refractivity contribution in [3.8, 4) is 0 Å². The van der Waals surface area contributed by atoms with Crippen LogP contribution in [-0.2, 0) is 17.7 Å². The van der Waals surface area contributed by atoms with E-state index in [2.05, 4.69) is 38.3 Å². The Balaban J connectivity index is 5.41. The number of rotatable bonds is 10. The molecule has 0 spiro atoms. The molecule has 0 aliphatic carbocycles. The highest BCUT2D eigenvalue weighted by Gasteiger charge is 2.24. The second-order valence-electron chi connectivity index (χ2n) is 5.57. The molecular weight excluding hydrogens is 316 g/mol. The van der Waals surface area contributed by atoms with Crippen molar-refractivity contribution in [2.45, 2.75) is 39.8 Å². The second kappa shape index (κ2) is 10.7. The first-order valence-corrected chi connectivity index (χ1v) is 13.6. The van der Waals surface area contributed by atoms with Crippen LogP contribution in [0.3, 0.4) is 0 Å². The Hall–Kier alpha value is -0.0294. The van der Waals surface area contributed by atoms with Gasteiger partial charge in [0.15, 0.2) is 0 Å². The third kappa shape index (κ3) is 7.18. The molecule has 0 N–H and O–H groups in total. The van der Waals surface area contributed by atoms with Crippen LogP contribution in [0.5, 0.6) is 0 Å². The average Bonchev–Trinajstić information content (AvgIpc) is 2.47. The van der Waals surface area contributed by atoms with Gasteiger partial charge in [0.2, 0.25) is 0 Å². The van der Waals surface area contributed by atoms with E-state index < -0.39 is 26.6 Å². The van der Waals surface area contributed by atoms with Crippen LogP contribution in [0.2, 0.25) is 13.1 Å². The van der Waals surface area contributed by atoms with Gasteiger partial charge < -0.3 is 17.7 Å². The van der Waals surface area contributed by atoms with Gasteiger partial charge in [0.05, 0.1) is 8.07 Å². The van der Waals surface area contributed by atoms with E-state index in [4.69, 9.17) is 17.7 Å². The highest BCUT2D eigenvalue weighted by molar-refractivity contribution is 6.88. The average molecular weight is 349 g/mol. The van der Waals surface area contributed by atoms with Gasteiger partial charge in [0.1, 0.15) is 0 Å². The summed E-state index contributed by atoms with van der Waals surface area (Å²) in [5.41, 5.74) is 4.84. The number of hydrogen-bond donors (Lipinski definition) is 0. The Morgan fingerprint density at radius 2 is 1.05 bits per heavy atom. The fraction of sp³-hybridized carbons (Fsp3) is 0.714. The molecule has 0 aliphatic heterocycles. The third-order valence-electron chi connectivity index (χ3n) is 3.39. The van der Waals surface area contributed by atoms with Crippen LogP contribution in [0, 0.1) is 0 Å². The lowest BCUT2D eigenvalue weighted by molar-refractivity contribution is 0.286. The summed E-state index contributed by atoms with van der Waals surface area (Å²) in [5, 5.41) is 2.69. The molecule has 124 valence electrons. The standard InChI is InChI=1S/C14H32O4Si3/c1-9-13(19(15-3)16-4)11-21(7,8)12-14(10-2)20(17-5)18-6/h11-12,19-20H,9-10H2,1-8H3. The van der Waals surface area contributed by atoms with Crippen molar-refractivity contribution < 1.29 is 17.7 Å². The molecule has 0 bridgehead atoms. The van der Waals surface area contributed by atoms with Crippen LogP contribution in [-0.4, -0.2) is 55.1 Å². The summed E-state index contributed by atoms with van der Waals surface area (Å²) in [4.78, 5) is 0. The van der Waals surface area contributed by atoms with Gasteiger partial charge in [-0.15, -0.1) is 0 Å². The highest BCUT2D eigenvalue weighted by Crippen LogP contribution is 2.19. The molecule has 0 fully saturated rings. The van der Waals surface area contributed by atoms with E-state index >= 15 is 0 Å². The van der Waals surface area contributed by atoms with Crippen LogP contribution in [0.4, 0.5) is 0 Å². The molecule has 7 heteroatoms. The van der Waals surface area contributed by atoms with E-state index in [9.17, 15) is 0 Å². The molecule has 0 unspecified atom stereocenters. The molecule has 0 saturated heterocycles. The Labute approximate surface area is 134 Å².